The van der Waals surface area contributed by atoms with Gasteiger partial charge in [-0.1, -0.05) is 12.1 Å². The van der Waals surface area contributed by atoms with Crippen molar-refractivity contribution in [2.24, 2.45) is 0 Å². The van der Waals surface area contributed by atoms with Gasteiger partial charge < -0.3 is 9.64 Å². The minimum atomic E-state index is -0.488. The highest BCUT2D eigenvalue weighted by Crippen LogP contribution is 2.15. The second-order valence-corrected chi connectivity index (χ2v) is 5.68. The highest BCUT2D eigenvalue weighted by Gasteiger charge is 2.19. The van der Waals surface area contributed by atoms with Crippen LogP contribution in [0.15, 0.2) is 48.9 Å². The van der Waals surface area contributed by atoms with Gasteiger partial charge in [0, 0.05) is 19.3 Å². The van der Waals surface area contributed by atoms with Crippen molar-refractivity contribution in [2.75, 3.05) is 20.2 Å². The molecule has 27 heavy (non-hydrogen) atoms. The van der Waals surface area contributed by atoms with E-state index in [2.05, 4.69) is 20.0 Å². The molecular formula is C18H20N6O3. The Balaban J connectivity index is 1.74. The molecule has 0 aliphatic carbocycles. The van der Waals surface area contributed by atoms with Gasteiger partial charge in [0.15, 0.2) is 5.69 Å². The van der Waals surface area contributed by atoms with Crippen molar-refractivity contribution in [3.63, 3.8) is 0 Å². The van der Waals surface area contributed by atoms with Crippen LogP contribution in [0, 0.1) is 0 Å². The number of nitrogens with zero attached hydrogens (tertiary/aromatic N) is 6. The highest BCUT2D eigenvalue weighted by molar-refractivity contribution is 5.97. The first-order chi connectivity index (χ1) is 13.1. The number of likely N-dealkylation sites (N-methyl/N-ethyl adjacent to an activating group) is 1. The summed E-state index contributed by atoms with van der Waals surface area (Å²) in [5.41, 5.74) is 1.38. The Bertz CT molecular complexity index is 919. The molecule has 1 amide bonds. The number of amides is 1. The maximum Gasteiger partial charge on any atom is 0.358 e. The number of carbonyl (C=O) groups excluding carboxylic acids is 2. The number of ether oxygens (including phenoxy) is 1. The van der Waals surface area contributed by atoms with E-state index in [9.17, 15) is 9.59 Å². The number of aromatic nitrogens is 5. The fourth-order valence-corrected chi connectivity index (χ4v) is 2.67. The van der Waals surface area contributed by atoms with Crippen molar-refractivity contribution < 1.29 is 14.3 Å². The van der Waals surface area contributed by atoms with Crippen LogP contribution >= 0.6 is 0 Å². The molecule has 0 spiro atoms. The summed E-state index contributed by atoms with van der Waals surface area (Å²) >= 11 is 0. The number of hydrogen-bond donors (Lipinski definition) is 0. The topological polar surface area (TPSA) is 95.1 Å². The molecule has 0 unspecified atom stereocenters. The number of carbonyl (C=O) groups is 2. The molecule has 0 bridgehead atoms. The van der Waals surface area contributed by atoms with E-state index in [-0.39, 0.29) is 11.6 Å². The molecular weight excluding hydrogens is 348 g/mol. The van der Waals surface area contributed by atoms with E-state index < -0.39 is 5.97 Å². The molecule has 0 atom stereocenters. The monoisotopic (exact) mass is 368 g/mol. The average Bonchev–Trinajstić information content (AvgIpc) is 3.40. The standard InChI is InChI=1S/C18H20N6O3/c1-3-22(12-13-23-11-8-15(21-23)18(26)27-2)17(25)14-6-4-5-7-16(14)24-19-9-10-20-24/h4-11H,3,12-13H2,1-2H3. The van der Waals surface area contributed by atoms with Gasteiger partial charge in [-0.05, 0) is 25.1 Å². The van der Waals surface area contributed by atoms with E-state index in [0.29, 0.717) is 30.9 Å². The summed E-state index contributed by atoms with van der Waals surface area (Å²) in [6.45, 7) is 3.34. The molecule has 2 heterocycles. The van der Waals surface area contributed by atoms with E-state index >= 15 is 0 Å². The maximum atomic E-state index is 13.0. The first-order valence-electron chi connectivity index (χ1n) is 8.50. The lowest BCUT2D eigenvalue weighted by Crippen LogP contribution is -2.34. The van der Waals surface area contributed by atoms with Crippen LogP contribution in [0.1, 0.15) is 27.8 Å². The molecule has 9 heteroatoms. The molecule has 0 radical (unpaired) electrons. The molecule has 0 fully saturated rings. The second kappa shape index (κ2) is 8.26. The molecule has 0 aliphatic rings. The summed E-state index contributed by atoms with van der Waals surface area (Å²) < 4.78 is 6.26. The smallest absolute Gasteiger partial charge is 0.358 e. The van der Waals surface area contributed by atoms with Gasteiger partial charge in [0.2, 0.25) is 0 Å². The van der Waals surface area contributed by atoms with E-state index in [1.165, 1.54) is 11.9 Å². The third-order valence-electron chi connectivity index (χ3n) is 4.07. The van der Waals surface area contributed by atoms with Crippen molar-refractivity contribution in [3.05, 3.63) is 60.2 Å². The van der Waals surface area contributed by atoms with Crippen molar-refractivity contribution in [2.45, 2.75) is 13.5 Å². The van der Waals surface area contributed by atoms with Crippen molar-refractivity contribution in [1.29, 1.82) is 0 Å². The molecule has 2 aromatic heterocycles. The van der Waals surface area contributed by atoms with Crippen LogP contribution in [-0.4, -0.2) is 61.8 Å². The molecule has 3 rings (SSSR count). The first-order valence-corrected chi connectivity index (χ1v) is 8.50. The average molecular weight is 368 g/mol. The number of hydrogen-bond acceptors (Lipinski definition) is 6. The molecule has 0 aliphatic heterocycles. The number of benzene rings is 1. The number of esters is 1. The fourth-order valence-electron chi connectivity index (χ4n) is 2.67. The number of para-hydroxylation sites is 1. The minimum Gasteiger partial charge on any atom is -0.464 e. The quantitative estimate of drug-likeness (QED) is 0.585. The van der Waals surface area contributed by atoms with Crippen LogP contribution in [0.4, 0.5) is 0 Å². The SMILES string of the molecule is CCN(CCn1ccc(C(=O)OC)n1)C(=O)c1ccccc1-n1nccn1. The lowest BCUT2D eigenvalue weighted by Gasteiger charge is -2.22. The Morgan fingerprint density at radius 2 is 1.89 bits per heavy atom. The Morgan fingerprint density at radius 3 is 2.59 bits per heavy atom. The highest BCUT2D eigenvalue weighted by atomic mass is 16.5. The Labute approximate surface area is 156 Å². The number of rotatable bonds is 7. The van der Waals surface area contributed by atoms with E-state index in [1.54, 1.807) is 46.4 Å². The van der Waals surface area contributed by atoms with Gasteiger partial charge in [-0.15, -0.1) is 0 Å². The van der Waals surface area contributed by atoms with Crippen LogP contribution in [0.25, 0.3) is 5.69 Å². The molecule has 1 aromatic carbocycles. The van der Waals surface area contributed by atoms with Crippen LogP contribution in [0.2, 0.25) is 0 Å². The third kappa shape index (κ3) is 4.02. The van der Waals surface area contributed by atoms with Gasteiger partial charge in [-0.3, -0.25) is 9.48 Å². The Kier molecular flexibility index (Phi) is 5.60. The Hall–Kier alpha value is -3.49. The Morgan fingerprint density at radius 1 is 1.15 bits per heavy atom. The summed E-state index contributed by atoms with van der Waals surface area (Å²) in [5, 5.41) is 12.4. The first kappa shape index (κ1) is 18.3. The molecule has 0 saturated carbocycles. The summed E-state index contributed by atoms with van der Waals surface area (Å²) in [7, 11) is 1.31. The zero-order valence-electron chi connectivity index (χ0n) is 15.1. The predicted molar refractivity (Wildman–Crippen MR) is 96.5 cm³/mol. The zero-order valence-corrected chi connectivity index (χ0v) is 15.1. The van der Waals surface area contributed by atoms with E-state index in [0.717, 1.165) is 0 Å². The molecule has 0 N–H and O–H groups in total. The minimum absolute atomic E-state index is 0.120. The predicted octanol–water partition coefficient (Wildman–Crippen LogP) is 1.41. The lowest BCUT2D eigenvalue weighted by molar-refractivity contribution is 0.0591. The van der Waals surface area contributed by atoms with Gasteiger partial charge in [-0.2, -0.15) is 20.1 Å². The zero-order chi connectivity index (χ0) is 19.2. The van der Waals surface area contributed by atoms with Gasteiger partial charge in [-0.25, -0.2) is 4.79 Å². The third-order valence-corrected chi connectivity index (χ3v) is 4.07. The van der Waals surface area contributed by atoms with E-state index in [1.807, 2.05) is 19.1 Å². The summed E-state index contributed by atoms with van der Waals surface area (Å²) in [5.74, 6) is -0.608. The fraction of sp³-hybridized carbons (Fsp3) is 0.278. The van der Waals surface area contributed by atoms with Crippen molar-refractivity contribution in [1.82, 2.24) is 29.7 Å². The van der Waals surface area contributed by atoms with Crippen molar-refractivity contribution >= 4 is 11.9 Å². The van der Waals surface area contributed by atoms with Crippen LogP contribution < -0.4 is 0 Å². The second-order valence-electron chi connectivity index (χ2n) is 5.68. The summed E-state index contributed by atoms with van der Waals surface area (Å²) in [6.07, 6.45) is 4.82. The van der Waals surface area contributed by atoms with Crippen LogP contribution in [-0.2, 0) is 11.3 Å². The number of methoxy groups -OCH3 is 1. The van der Waals surface area contributed by atoms with Gasteiger partial charge >= 0.3 is 5.97 Å². The van der Waals surface area contributed by atoms with Crippen LogP contribution in [0.5, 0.6) is 0 Å². The molecule has 3 aromatic rings. The van der Waals surface area contributed by atoms with Gasteiger partial charge in [0.05, 0.1) is 37.3 Å². The van der Waals surface area contributed by atoms with E-state index in [4.69, 9.17) is 0 Å². The lowest BCUT2D eigenvalue weighted by atomic mass is 10.1. The van der Waals surface area contributed by atoms with Crippen LogP contribution in [0.3, 0.4) is 0 Å². The largest absolute Gasteiger partial charge is 0.464 e. The van der Waals surface area contributed by atoms with Crippen molar-refractivity contribution in [3.8, 4) is 5.69 Å². The molecule has 0 saturated heterocycles. The summed E-state index contributed by atoms with van der Waals surface area (Å²) in [4.78, 5) is 27.7. The molecule has 140 valence electrons. The normalized spacial score (nSPS) is 10.6. The van der Waals surface area contributed by atoms with Gasteiger partial charge in [0.25, 0.3) is 5.91 Å². The summed E-state index contributed by atoms with van der Waals surface area (Å²) in [6, 6.07) is 8.79. The molecule has 9 nitrogen and oxygen atoms in total. The van der Waals surface area contributed by atoms with Gasteiger partial charge in [0.1, 0.15) is 0 Å². The maximum absolute atomic E-state index is 13.0.